The molecule has 0 saturated heterocycles. The van der Waals surface area contributed by atoms with Gasteiger partial charge < -0.3 is 5.32 Å². The van der Waals surface area contributed by atoms with Crippen LogP contribution in [-0.4, -0.2) is 17.4 Å². The van der Waals surface area contributed by atoms with Gasteiger partial charge in [0, 0.05) is 28.8 Å². The summed E-state index contributed by atoms with van der Waals surface area (Å²) in [6, 6.07) is 12.3. The van der Waals surface area contributed by atoms with Gasteiger partial charge in [-0.25, -0.2) is 4.98 Å². The fourth-order valence-corrected chi connectivity index (χ4v) is 3.78. The zero-order valence-corrected chi connectivity index (χ0v) is 14.5. The average molecular weight is 342 g/mol. The number of hydrogen-bond donors (Lipinski definition) is 1. The Kier molecular flexibility index (Phi) is 5.20. The highest BCUT2D eigenvalue weighted by atomic mass is 32.1. The fourth-order valence-electron chi connectivity index (χ4n) is 2.21. The molecule has 0 aliphatic rings. The lowest BCUT2D eigenvalue weighted by Crippen LogP contribution is -2.27. The van der Waals surface area contributed by atoms with E-state index in [0.29, 0.717) is 13.0 Å². The maximum Gasteiger partial charge on any atom is 0.225 e. The van der Waals surface area contributed by atoms with Crippen LogP contribution in [0.25, 0.3) is 10.6 Å². The molecule has 3 nitrogen and oxygen atoms in total. The molecule has 0 atom stereocenters. The lowest BCUT2D eigenvalue weighted by Gasteiger charge is -2.02. The molecule has 2 heterocycles. The van der Waals surface area contributed by atoms with Crippen molar-refractivity contribution in [3.8, 4) is 10.6 Å². The molecule has 118 valence electrons. The van der Waals surface area contributed by atoms with E-state index in [-0.39, 0.29) is 5.91 Å². The third-order valence-electron chi connectivity index (χ3n) is 3.47. The van der Waals surface area contributed by atoms with Crippen molar-refractivity contribution in [1.29, 1.82) is 0 Å². The van der Waals surface area contributed by atoms with Crippen LogP contribution in [0.3, 0.4) is 0 Å². The molecule has 2 aromatic heterocycles. The van der Waals surface area contributed by atoms with Gasteiger partial charge in [0.25, 0.3) is 0 Å². The number of carbonyl (C=O) groups excluding carboxylic acids is 1. The lowest BCUT2D eigenvalue weighted by atomic mass is 10.2. The summed E-state index contributed by atoms with van der Waals surface area (Å²) in [5.41, 5.74) is 3.43. The van der Waals surface area contributed by atoms with Crippen LogP contribution in [0.4, 0.5) is 0 Å². The molecule has 3 rings (SSSR count). The molecule has 1 N–H and O–H groups in total. The Bertz CT molecular complexity index is 761. The second-order valence-corrected chi connectivity index (χ2v) is 7.26. The SMILES string of the molecule is Cc1ccc(-c2nc(CCNC(=O)Cc3cccs3)cs2)cc1. The number of thiophene rings is 1. The summed E-state index contributed by atoms with van der Waals surface area (Å²) < 4.78 is 0. The number of nitrogens with one attached hydrogen (secondary N) is 1. The van der Waals surface area contributed by atoms with E-state index in [2.05, 4.69) is 46.9 Å². The first-order valence-corrected chi connectivity index (χ1v) is 9.27. The Morgan fingerprint density at radius 1 is 1.17 bits per heavy atom. The van der Waals surface area contributed by atoms with Crippen LogP contribution >= 0.6 is 22.7 Å². The van der Waals surface area contributed by atoms with Crippen molar-refractivity contribution >= 4 is 28.6 Å². The molecule has 0 aliphatic carbocycles. The topological polar surface area (TPSA) is 42.0 Å². The standard InChI is InChI=1S/C18H18N2OS2/c1-13-4-6-14(7-5-13)18-20-15(12-23-18)8-9-19-17(21)11-16-3-2-10-22-16/h2-7,10,12H,8-9,11H2,1H3,(H,19,21). The third kappa shape index (κ3) is 4.50. The van der Waals surface area contributed by atoms with Gasteiger partial charge in [-0.3, -0.25) is 4.79 Å². The van der Waals surface area contributed by atoms with Gasteiger partial charge in [0.05, 0.1) is 12.1 Å². The van der Waals surface area contributed by atoms with Crippen LogP contribution in [0.2, 0.25) is 0 Å². The predicted molar refractivity (Wildman–Crippen MR) is 97.0 cm³/mol. The van der Waals surface area contributed by atoms with Crippen LogP contribution in [0, 0.1) is 6.92 Å². The van der Waals surface area contributed by atoms with Gasteiger partial charge in [-0.05, 0) is 18.4 Å². The second-order valence-electron chi connectivity index (χ2n) is 5.37. The van der Waals surface area contributed by atoms with E-state index in [4.69, 9.17) is 0 Å². The van der Waals surface area contributed by atoms with E-state index in [1.54, 1.807) is 22.7 Å². The molecule has 0 radical (unpaired) electrons. The number of thiazole rings is 1. The van der Waals surface area contributed by atoms with Gasteiger partial charge >= 0.3 is 0 Å². The van der Waals surface area contributed by atoms with Crippen LogP contribution in [0.5, 0.6) is 0 Å². The van der Waals surface area contributed by atoms with Crippen molar-refractivity contribution < 1.29 is 4.79 Å². The number of aryl methyl sites for hydroxylation is 1. The minimum absolute atomic E-state index is 0.0708. The number of carbonyl (C=O) groups is 1. The summed E-state index contributed by atoms with van der Waals surface area (Å²) in [6.07, 6.45) is 1.22. The Morgan fingerprint density at radius 2 is 2.00 bits per heavy atom. The molecule has 1 amide bonds. The fraction of sp³-hybridized carbons (Fsp3) is 0.222. The Labute approximate surface area is 144 Å². The summed E-state index contributed by atoms with van der Waals surface area (Å²) in [5.74, 6) is 0.0708. The molecule has 0 spiro atoms. The zero-order chi connectivity index (χ0) is 16.1. The molecule has 0 bridgehead atoms. The molecule has 0 fully saturated rings. The van der Waals surface area contributed by atoms with Crippen molar-refractivity contribution in [3.63, 3.8) is 0 Å². The summed E-state index contributed by atoms with van der Waals surface area (Å²) in [5, 5.41) is 8.05. The summed E-state index contributed by atoms with van der Waals surface area (Å²) in [4.78, 5) is 17.6. The van der Waals surface area contributed by atoms with Gasteiger partial charge in [0.2, 0.25) is 5.91 Å². The van der Waals surface area contributed by atoms with Crippen molar-refractivity contribution in [2.75, 3.05) is 6.54 Å². The molecule has 0 unspecified atom stereocenters. The maximum atomic E-state index is 11.8. The quantitative estimate of drug-likeness (QED) is 0.733. The average Bonchev–Trinajstić information content (AvgIpc) is 3.20. The number of rotatable bonds is 6. The second kappa shape index (κ2) is 7.53. The van der Waals surface area contributed by atoms with Crippen LogP contribution < -0.4 is 5.32 Å². The van der Waals surface area contributed by atoms with Gasteiger partial charge in [0.1, 0.15) is 5.01 Å². The summed E-state index contributed by atoms with van der Waals surface area (Å²) in [6.45, 7) is 2.71. The predicted octanol–water partition coefficient (Wildman–Crippen LogP) is 4.08. The van der Waals surface area contributed by atoms with E-state index in [1.807, 2.05) is 17.5 Å². The van der Waals surface area contributed by atoms with Gasteiger partial charge in [-0.1, -0.05) is 35.9 Å². The Balaban J connectivity index is 1.49. The molecule has 0 saturated carbocycles. The maximum absolute atomic E-state index is 11.8. The first-order valence-electron chi connectivity index (χ1n) is 7.51. The van der Waals surface area contributed by atoms with Gasteiger partial charge in [0.15, 0.2) is 0 Å². The molecular formula is C18H18N2OS2. The van der Waals surface area contributed by atoms with Crippen molar-refractivity contribution in [2.24, 2.45) is 0 Å². The third-order valence-corrected chi connectivity index (χ3v) is 5.29. The molecular weight excluding hydrogens is 324 g/mol. The molecule has 5 heteroatoms. The molecule has 1 aromatic carbocycles. The van der Waals surface area contributed by atoms with Gasteiger partial charge in [-0.15, -0.1) is 22.7 Å². The highest BCUT2D eigenvalue weighted by Gasteiger charge is 2.07. The minimum Gasteiger partial charge on any atom is -0.355 e. The number of nitrogens with zero attached hydrogens (tertiary/aromatic N) is 1. The Morgan fingerprint density at radius 3 is 2.74 bits per heavy atom. The smallest absolute Gasteiger partial charge is 0.225 e. The highest BCUT2D eigenvalue weighted by Crippen LogP contribution is 2.24. The number of hydrogen-bond acceptors (Lipinski definition) is 4. The van der Waals surface area contributed by atoms with E-state index in [9.17, 15) is 4.79 Å². The van der Waals surface area contributed by atoms with Crippen molar-refractivity contribution in [2.45, 2.75) is 19.8 Å². The summed E-state index contributed by atoms with van der Waals surface area (Å²) in [7, 11) is 0. The first kappa shape index (κ1) is 15.9. The number of aromatic nitrogens is 1. The molecule has 3 aromatic rings. The number of amides is 1. The van der Waals surface area contributed by atoms with E-state index in [0.717, 1.165) is 27.6 Å². The molecule has 0 aliphatic heterocycles. The van der Waals surface area contributed by atoms with Crippen molar-refractivity contribution in [1.82, 2.24) is 10.3 Å². The van der Waals surface area contributed by atoms with Crippen LogP contribution in [0.15, 0.2) is 47.2 Å². The highest BCUT2D eigenvalue weighted by molar-refractivity contribution is 7.13. The van der Waals surface area contributed by atoms with Crippen LogP contribution in [-0.2, 0) is 17.6 Å². The largest absolute Gasteiger partial charge is 0.355 e. The lowest BCUT2D eigenvalue weighted by molar-refractivity contribution is -0.120. The normalized spacial score (nSPS) is 10.7. The van der Waals surface area contributed by atoms with Crippen LogP contribution in [0.1, 0.15) is 16.1 Å². The van der Waals surface area contributed by atoms with E-state index in [1.165, 1.54) is 5.56 Å². The Hall–Kier alpha value is -1.98. The first-order chi connectivity index (χ1) is 11.2. The van der Waals surface area contributed by atoms with E-state index < -0.39 is 0 Å². The van der Waals surface area contributed by atoms with Crippen molar-refractivity contribution in [3.05, 3.63) is 63.3 Å². The summed E-state index contributed by atoms with van der Waals surface area (Å²) >= 11 is 3.26. The monoisotopic (exact) mass is 342 g/mol. The van der Waals surface area contributed by atoms with E-state index >= 15 is 0 Å². The minimum atomic E-state index is 0.0708. The molecule has 23 heavy (non-hydrogen) atoms. The zero-order valence-electron chi connectivity index (χ0n) is 12.9. The number of benzene rings is 1. The van der Waals surface area contributed by atoms with Gasteiger partial charge in [-0.2, -0.15) is 0 Å².